The maximum absolute atomic E-state index is 15.2. The molecule has 3 heterocycles. The van der Waals surface area contributed by atoms with E-state index >= 15 is 4.39 Å². The number of imide groups is 1. The van der Waals surface area contributed by atoms with Gasteiger partial charge in [-0.25, -0.2) is 4.39 Å². The first-order valence-corrected chi connectivity index (χ1v) is 15.0. The molecule has 3 aromatic carbocycles. The number of carbonyl (C=O) groups is 3. The molecule has 0 spiro atoms. The van der Waals surface area contributed by atoms with Gasteiger partial charge in [0.15, 0.2) is 0 Å². The van der Waals surface area contributed by atoms with Crippen LogP contribution in [0.1, 0.15) is 52.7 Å². The molecule has 0 bridgehead atoms. The number of benzene rings is 3. The van der Waals surface area contributed by atoms with Crippen LogP contribution in [-0.2, 0) is 22.7 Å². The average Bonchev–Trinajstić information content (AvgIpc) is 3.78. The van der Waals surface area contributed by atoms with E-state index in [0.29, 0.717) is 51.5 Å². The van der Waals surface area contributed by atoms with Crippen LogP contribution in [0, 0.1) is 23.1 Å². The number of anilines is 1. The van der Waals surface area contributed by atoms with Gasteiger partial charge < -0.3 is 24.0 Å². The van der Waals surface area contributed by atoms with Crippen molar-refractivity contribution < 1.29 is 33.0 Å². The second-order valence-corrected chi connectivity index (χ2v) is 11.8. The molecule has 2 saturated heterocycles. The van der Waals surface area contributed by atoms with Gasteiger partial charge in [0.05, 0.1) is 31.0 Å². The summed E-state index contributed by atoms with van der Waals surface area (Å²) >= 11 is 0. The second kappa shape index (κ2) is 11.4. The summed E-state index contributed by atoms with van der Waals surface area (Å²) in [4.78, 5) is 40.8. The number of hydrogen-bond acceptors (Lipinski definition) is 8. The van der Waals surface area contributed by atoms with Crippen LogP contribution in [0.25, 0.3) is 0 Å². The van der Waals surface area contributed by atoms with E-state index in [2.05, 4.69) is 16.3 Å². The highest BCUT2D eigenvalue weighted by molar-refractivity contribution is 6.05. The molecule has 0 aromatic heterocycles. The fraction of sp³-hybridized carbons (Fsp3) is 0.353. The molecule has 3 fully saturated rings. The zero-order valence-corrected chi connectivity index (χ0v) is 24.6. The quantitative estimate of drug-likeness (QED) is 0.379. The summed E-state index contributed by atoms with van der Waals surface area (Å²) in [6.45, 7) is 0.878. The molecule has 3 amide bonds. The topological polar surface area (TPSA) is 121 Å². The normalized spacial score (nSPS) is 23.5. The van der Waals surface area contributed by atoms with Crippen LogP contribution >= 0.6 is 0 Å². The van der Waals surface area contributed by atoms with Gasteiger partial charge in [-0.05, 0) is 49.2 Å². The van der Waals surface area contributed by atoms with Crippen LogP contribution in [-0.4, -0.2) is 54.5 Å². The molecule has 1 N–H and O–H groups in total. The fourth-order valence-corrected chi connectivity index (χ4v) is 6.78. The maximum atomic E-state index is 15.2. The van der Waals surface area contributed by atoms with E-state index in [-0.39, 0.29) is 43.9 Å². The van der Waals surface area contributed by atoms with Crippen LogP contribution in [0.2, 0.25) is 0 Å². The van der Waals surface area contributed by atoms with Crippen LogP contribution in [0.5, 0.6) is 17.2 Å². The third-order valence-corrected chi connectivity index (χ3v) is 9.19. The molecule has 11 heteroatoms. The third kappa shape index (κ3) is 5.30. The Kier molecular flexibility index (Phi) is 7.28. The highest BCUT2D eigenvalue weighted by Crippen LogP contribution is 2.48. The molecule has 4 aliphatic rings. The van der Waals surface area contributed by atoms with E-state index in [1.54, 1.807) is 49.6 Å². The van der Waals surface area contributed by atoms with Gasteiger partial charge >= 0.3 is 0 Å². The van der Waals surface area contributed by atoms with Gasteiger partial charge in [-0.1, -0.05) is 6.07 Å². The molecule has 1 saturated carbocycles. The maximum Gasteiger partial charge on any atom is 0.255 e. The summed E-state index contributed by atoms with van der Waals surface area (Å²) < 4.78 is 33.0. The molecule has 1 aliphatic carbocycles. The predicted octanol–water partition coefficient (Wildman–Crippen LogP) is 4.09. The van der Waals surface area contributed by atoms with E-state index < -0.39 is 17.8 Å². The Bertz CT molecular complexity index is 1750. The molecule has 3 aromatic rings. The Morgan fingerprint density at radius 1 is 1.04 bits per heavy atom. The smallest absolute Gasteiger partial charge is 0.255 e. The summed E-state index contributed by atoms with van der Waals surface area (Å²) in [7, 11) is 1.61. The number of halogens is 1. The Labute approximate surface area is 259 Å². The van der Waals surface area contributed by atoms with Crippen molar-refractivity contribution in [1.29, 1.82) is 5.26 Å². The zero-order chi connectivity index (χ0) is 31.2. The number of carbonyl (C=O) groups excluding carboxylic acids is 3. The van der Waals surface area contributed by atoms with Gasteiger partial charge in [0.1, 0.15) is 41.8 Å². The fourth-order valence-electron chi connectivity index (χ4n) is 6.78. The Balaban J connectivity index is 0.976. The van der Waals surface area contributed by atoms with Crippen LogP contribution in [0.15, 0.2) is 54.6 Å². The van der Waals surface area contributed by atoms with E-state index in [1.165, 1.54) is 11.0 Å². The number of methoxy groups -OCH3 is 1. The number of hydrogen-bond donors (Lipinski definition) is 1. The van der Waals surface area contributed by atoms with Crippen molar-refractivity contribution in [2.24, 2.45) is 5.92 Å². The minimum atomic E-state index is -0.725. The summed E-state index contributed by atoms with van der Waals surface area (Å²) in [5, 5.41) is 11.5. The van der Waals surface area contributed by atoms with Gasteiger partial charge in [0.25, 0.3) is 5.91 Å². The van der Waals surface area contributed by atoms with E-state index in [1.807, 2.05) is 6.07 Å². The zero-order valence-electron chi connectivity index (χ0n) is 24.6. The number of rotatable bonds is 8. The predicted molar refractivity (Wildman–Crippen MR) is 159 cm³/mol. The van der Waals surface area contributed by atoms with Crippen molar-refractivity contribution >= 4 is 23.4 Å². The Hall–Kier alpha value is -5.11. The Morgan fingerprint density at radius 3 is 2.69 bits per heavy atom. The molecular weight excluding hydrogens is 579 g/mol. The van der Waals surface area contributed by atoms with E-state index in [4.69, 9.17) is 14.2 Å². The first-order valence-electron chi connectivity index (χ1n) is 15.0. The number of ether oxygens (including phenoxy) is 3. The summed E-state index contributed by atoms with van der Waals surface area (Å²) in [5.74, 6) is 0.332. The largest absolute Gasteiger partial charge is 0.495 e. The summed E-state index contributed by atoms with van der Waals surface area (Å²) in [6.07, 6.45) is 2.14. The minimum absolute atomic E-state index is 0.0334. The molecule has 4 atom stereocenters. The molecule has 10 nitrogen and oxygen atoms in total. The number of nitrogens with one attached hydrogen (secondary N) is 1. The van der Waals surface area contributed by atoms with Gasteiger partial charge in [0.2, 0.25) is 11.8 Å². The van der Waals surface area contributed by atoms with Crippen molar-refractivity contribution in [2.45, 2.75) is 57.0 Å². The van der Waals surface area contributed by atoms with Gasteiger partial charge in [-0.3, -0.25) is 19.7 Å². The highest BCUT2D eigenvalue weighted by Gasteiger charge is 2.51. The number of nitriles is 1. The lowest BCUT2D eigenvalue weighted by Gasteiger charge is -2.34. The summed E-state index contributed by atoms with van der Waals surface area (Å²) in [6, 6.07) is 17.1. The molecule has 3 aliphatic heterocycles. The van der Waals surface area contributed by atoms with Crippen molar-refractivity contribution in [2.75, 3.05) is 18.6 Å². The second-order valence-electron chi connectivity index (χ2n) is 11.8. The summed E-state index contributed by atoms with van der Waals surface area (Å²) in [5.41, 5.74) is 2.93. The molecule has 230 valence electrons. The highest BCUT2D eigenvalue weighted by atomic mass is 19.1. The average molecular weight is 611 g/mol. The third-order valence-electron chi connectivity index (χ3n) is 9.19. The van der Waals surface area contributed by atoms with Gasteiger partial charge in [-0.2, -0.15) is 5.26 Å². The minimum Gasteiger partial charge on any atom is -0.495 e. The van der Waals surface area contributed by atoms with Crippen molar-refractivity contribution in [3.63, 3.8) is 0 Å². The first kappa shape index (κ1) is 28.6. The Morgan fingerprint density at radius 2 is 1.91 bits per heavy atom. The van der Waals surface area contributed by atoms with Crippen molar-refractivity contribution in [1.82, 2.24) is 10.2 Å². The lowest BCUT2D eigenvalue weighted by atomic mass is 10.0. The van der Waals surface area contributed by atoms with E-state index in [9.17, 15) is 19.6 Å². The van der Waals surface area contributed by atoms with Crippen LogP contribution < -0.4 is 24.4 Å². The number of piperidine rings is 2. The van der Waals surface area contributed by atoms with Gasteiger partial charge in [-0.15, -0.1) is 0 Å². The lowest BCUT2D eigenvalue weighted by Crippen LogP contribution is -2.52. The molecule has 45 heavy (non-hydrogen) atoms. The lowest BCUT2D eigenvalue weighted by molar-refractivity contribution is -0.136. The number of nitrogens with zero attached hydrogens (tertiary/aromatic N) is 3. The monoisotopic (exact) mass is 610 g/mol. The molecule has 7 rings (SSSR count). The van der Waals surface area contributed by atoms with Crippen molar-refractivity contribution in [3.8, 4) is 23.3 Å². The van der Waals surface area contributed by atoms with E-state index in [0.717, 1.165) is 25.1 Å². The SMILES string of the molecule is COc1cc(C#N)ccc1N1CCC(Oc2ccc(COc3cccc4c3CN(C3CCC(=O)NC3=O)C4=O)c(F)c2)C2CC21. The number of amides is 3. The number of fused-ring (bicyclic) bond motifs is 2. The molecule has 0 radical (unpaired) electrons. The standard InChI is InChI=1S/C34H31FN4O6/c1-43-31-13-19(16-36)5-8-26(31)38-12-11-30(23-15-28(23)38)45-21-7-6-20(25(35)14-21)18-44-29-4-2-3-22-24(29)17-39(34(22)42)27-9-10-32(40)37-33(27)41/h2-8,13-14,23,27-28,30H,9-12,15,17-18H2,1H3,(H,37,40,41). The van der Waals surface area contributed by atoms with Crippen LogP contribution in [0.4, 0.5) is 10.1 Å². The first-order chi connectivity index (χ1) is 21.8. The molecular formula is C34H31FN4O6. The van der Waals surface area contributed by atoms with Crippen molar-refractivity contribution in [3.05, 3.63) is 82.7 Å². The molecule has 4 unspecified atom stereocenters. The van der Waals surface area contributed by atoms with Crippen LogP contribution in [0.3, 0.4) is 0 Å². The van der Waals surface area contributed by atoms with Gasteiger partial charge in [0, 0.05) is 60.2 Å².